The van der Waals surface area contributed by atoms with Gasteiger partial charge in [-0.1, -0.05) is 0 Å². The highest BCUT2D eigenvalue weighted by Gasteiger charge is 2.35. The van der Waals surface area contributed by atoms with Crippen LogP contribution in [0.25, 0.3) is 0 Å². The first-order valence-electron chi connectivity index (χ1n) is 6.61. The molecule has 1 saturated heterocycles. The number of hydrogen-bond donors (Lipinski definition) is 1. The second-order valence-electron chi connectivity index (χ2n) is 5.62. The normalized spacial score (nSPS) is 23.3. The van der Waals surface area contributed by atoms with Gasteiger partial charge in [0.25, 0.3) is 5.91 Å². The number of rotatable bonds is 4. The zero-order valence-electron chi connectivity index (χ0n) is 11.8. The lowest BCUT2D eigenvalue weighted by Crippen LogP contribution is -2.30. The summed E-state index contributed by atoms with van der Waals surface area (Å²) in [6.45, 7) is 4.50. The van der Waals surface area contributed by atoms with Crippen molar-refractivity contribution >= 4 is 17.2 Å². The van der Waals surface area contributed by atoms with Crippen LogP contribution in [0.15, 0.2) is 11.4 Å². The Kier molecular flexibility index (Phi) is 4.60. The van der Waals surface area contributed by atoms with Crippen molar-refractivity contribution in [2.24, 2.45) is 11.8 Å². The standard InChI is InChI=1S/C14H22N2O2S/c1-10-4-11(9-19-10)14(18)16-6-12(5-15(2)3)13(7-16)8-17/h4,9,12-13,17H,5-8H2,1-3H3/t12-,13-/m1/s1. The minimum absolute atomic E-state index is 0.101. The van der Waals surface area contributed by atoms with Crippen molar-refractivity contribution in [2.45, 2.75) is 6.92 Å². The number of thiophene rings is 1. The SMILES string of the molecule is Cc1cc(C(=O)N2C[C@@H](CN(C)C)[C@@H](CO)C2)cs1. The number of hydrogen-bond acceptors (Lipinski definition) is 4. The van der Waals surface area contributed by atoms with Crippen molar-refractivity contribution in [3.8, 4) is 0 Å². The van der Waals surface area contributed by atoms with E-state index in [0.717, 1.165) is 23.5 Å². The molecular weight excluding hydrogens is 260 g/mol. The smallest absolute Gasteiger partial charge is 0.254 e. The molecule has 1 amide bonds. The Balaban J connectivity index is 2.04. The molecule has 19 heavy (non-hydrogen) atoms. The fraction of sp³-hybridized carbons (Fsp3) is 0.643. The summed E-state index contributed by atoms with van der Waals surface area (Å²) in [6, 6.07) is 1.94. The molecule has 1 N–H and O–H groups in total. The molecular formula is C14H22N2O2S. The molecule has 1 fully saturated rings. The molecule has 0 aromatic carbocycles. The number of carbonyl (C=O) groups excluding carboxylic acids is 1. The Bertz CT molecular complexity index is 444. The van der Waals surface area contributed by atoms with Gasteiger partial charge in [0.1, 0.15) is 0 Å². The molecule has 1 aromatic heterocycles. The zero-order valence-corrected chi connectivity index (χ0v) is 12.6. The monoisotopic (exact) mass is 282 g/mol. The fourth-order valence-corrected chi connectivity index (χ4v) is 3.40. The van der Waals surface area contributed by atoms with Crippen molar-refractivity contribution in [1.82, 2.24) is 9.80 Å². The Labute approximate surface area is 118 Å². The van der Waals surface area contributed by atoms with E-state index in [9.17, 15) is 9.90 Å². The van der Waals surface area contributed by atoms with Crippen LogP contribution in [0.5, 0.6) is 0 Å². The van der Waals surface area contributed by atoms with Gasteiger partial charge < -0.3 is 14.9 Å². The van der Waals surface area contributed by atoms with E-state index in [2.05, 4.69) is 4.90 Å². The summed E-state index contributed by atoms with van der Waals surface area (Å²) in [5.74, 6) is 0.666. The van der Waals surface area contributed by atoms with Crippen LogP contribution in [-0.2, 0) is 0 Å². The summed E-state index contributed by atoms with van der Waals surface area (Å²) in [7, 11) is 4.06. The molecule has 2 heterocycles. The summed E-state index contributed by atoms with van der Waals surface area (Å²) >= 11 is 1.60. The second kappa shape index (κ2) is 6.03. The van der Waals surface area contributed by atoms with Gasteiger partial charge >= 0.3 is 0 Å². The van der Waals surface area contributed by atoms with Crippen LogP contribution in [-0.4, -0.2) is 61.2 Å². The molecule has 1 aliphatic heterocycles. The van der Waals surface area contributed by atoms with E-state index in [1.807, 2.05) is 37.4 Å². The van der Waals surface area contributed by atoms with Crippen molar-refractivity contribution in [2.75, 3.05) is 40.3 Å². The van der Waals surface area contributed by atoms with Crippen molar-refractivity contribution in [3.05, 3.63) is 21.9 Å². The van der Waals surface area contributed by atoms with Crippen LogP contribution < -0.4 is 0 Å². The highest BCUT2D eigenvalue weighted by molar-refractivity contribution is 7.10. The van der Waals surface area contributed by atoms with Crippen molar-refractivity contribution in [3.63, 3.8) is 0 Å². The van der Waals surface area contributed by atoms with E-state index in [4.69, 9.17) is 0 Å². The van der Waals surface area contributed by atoms with Gasteiger partial charge in [0.2, 0.25) is 0 Å². The highest BCUT2D eigenvalue weighted by Crippen LogP contribution is 2.26. The zero-order chi connectivity index (χ0) is 14.0. The predicted molar refractivity (Wildman–Crippen MR) is 77.6 cm³/mol. The Morgan fingerprint density at radius 2 is 2.16 bits per heavy atom. The second-order valence-corrected chi connectivity index (χ2v) is 6.74. The number of amides is 1. The summed E-state index contributed by atoms with van der Waals surface area (Å²) < 4.78 is 0. The van der Waals surface area contributed by atoms with Crippen LogP contribution in [0, 0.1) is 18.8 Å². The van der Waals surface area contributed by atoms with Gasteiger partial charge in [-0.15, -0.1) is 11.3 Å². The van der Waals surface area contributed by atoms with Gasteiger partial charge in [0.05, 0.1) is 5.56 Å². The van der Waals surface area contributed by atoms with E-state index in [1.54, 1.807) is 11.3 Å². The maximum atomic E-state index is 12.4. The topological polar surface area (TPSA) is 43.8 Å². The number of aliphatic hydroxyl groups is 1. The number of carbonyl (C=O) groups is 1. The molecule has 106 valence electrons. The minimum Gasteiger partial charge on any atom is -0.396 e. The molecule has 0 unspecified atom stereocenters. The average Bonchev–Trinajstić information content (AvgIpc) is 2.94. The Hall–Kier alpha value is -0.910. The van der Waals surface area contributed by atoms with E-state index in [-0.39, 0.29) is 18.4 Å². The van der Waals surface area contributed by atoms with Gasteiger partial charge in [-0.2, -0.15) is 0 Å². The summed E-state index contributed by atoms with van der Waals surface area (Å²) in [5, 5.41) is 11.4. The van der Waals surface area contributed by atoms with Crippen LogP contribution in [0.1, 0.15) is 15.2 Å². The third kappa shape index (κ3) is 3.35. The van der Waals surface area contributed by atoms with Gasteiger partial charge in [-0.05, 0) is 33.0 Å². The maximum absolute atomic E-state index is 12.4. The van der Waals surface area contributed by atoms with E-state index >= 15 is 0 Å². The molecule has 1 aromatic rings. The molecule has 5 heteroatoms. The van der Waals surface area contributed by atoms with Gasteiger partial charge in [0.15, 0.2) is 0 Å². The molecule has 2 atom stereocenters. The Morgan fingerprint density at radius 1 is 1.47 bits per heavy atom. The largest absolute Gasteiger partial charge is 0.396 e. The fourth-order valence-electron chi connectivity index (χ4n) is 2.73. The molecule has 0 saturated carbocycles. The molecule has 2 rings (SSSR count). The molecule has 1 aliphatic rings. The lowest BCUT2D eigenvalue weighted by molar-refractivity contribution is 0.0780. The maximum Gasteiger partial charge on any atom is 0.254 e. The minimum atomic E-state index is 0.101. The molecule has 0 radical (unpaired) electrons. The number of nitrogens with zero attached hydrogens (tertiary/aromatic N) is 2. The van der Waals surface area contributed by atoms with Gasteiger partial charge in [-0.3, -0.25) is 4.79 Å². The van der Waals surface area contributed by atoms with Gasteiger partial charge in [-0.25, -0.2) is 0 Å². The number of aliphatic hydroxyl groups excluding tert-OH is 1. The third-order valence-corrected chi connectivity index (χ3v) is 4.54. The van der Waals surface area contributed by atoms with Crippen LogP contribution >= 0.6 is 11.3 Å². The lowest BCUT2D eigenvalue weighted by Gasteiger charge is -2.20. The van der Waals surface area contributed by atoms with E-state index in [0.29, 0.717) is 12.5 Å². The van der Waals surface area contributed by atoms with Crippen molar-refractivity contribution in [1.29, 1.82) is 0 Å². The molecule has 4 nitrogen and oxygen atoms in total. The summed E-state index contributed by atoms with van der Waals surface area (Å²) in [4.78, 5) is 17.6. The van der Waals surface area contributed by atoms with Crippen LogP contribution in [0.4, 0.5) is 0 Å². The van der Waals surface area contributed by atoms with E-state index in [1.165, 1.54) is 0 Å². The lowest BCUT2D eigenvalue weighted by atomic mass is 9.97. The van der Waals surface area contributed by atoms with Gasteiger partial charge in [0, 0.05) is 42.4 Å². The van der Waals surface area contributed by atoms with Crippen molar-refractivity contribution < 1.29 is 9.90 Å². The predicted octanol–water partition coefficient (Wildman–Crippen LogP) is 1.30. The first kappa shape index (κ1) is 14.5. The summed E-state index contributed by atoms with van der Waals surface area (Å²) in [5.41, 5.74) is 0.782. The van der Waals surface area contributed by atoms with Crippen LogP contribution in [0.2, 0.25) is 0 Å². The van der Waals surface area contributed by atoms with E-state index < -0.39 is 0 Å². The summed E-state index contributed by atoms with van der Waals surface area (Å²) in [6.07, 6.45) is 0. The highest BCUT2D eigenvalue weighted by atomic mass is 32.1. The quantitative estimate of drug-likeness (QED) is 0.905. The number of likely N-dealkylation sites (tertiary alicyclic amines) is 1. The van der Waals surface area contributed by atoms with Crippen LogP contribution in [0.3, 0.4) is 0 Å². The third-order valence-electron chi connectivity index (χ3n) is 3.68. The number of aryl methyl sites for hydroxylation is 1. The molecule has 0 bridgehead atoms. The Morgan fingerprint density at radius 3 is 2.68 bits per heavy atom. The first-order chi connectivity index (χ1) is 9.01. The first-order valence-corrected chi connectivity index (χ1v) is 7.49. The molecule has 0 aliphatic carbocycles. The average molecular weight is 282 g/mol. The molecule has 0 spiro atoms.